The van der Waals surface area contributed by atoms with Gasteiger partial charge in [-0.25, -0.2) is 14.3 Å². The second-order valence-corrected chi connectivity index (χ2v) is 4.24. The minimum absolute atomic E-state index is 0.114. The molecule has 0 atom stereocenters. The molecule has 0 spiro atoms. The third-order valence-electron chi connectivity index (χ3n) is 2.79. The molecule has 0 unspecified atom stereocenters. The number of carboxylic acids is 1. The molecule has 0 amide bonds. The quantitative estimate of drug-likeness (QED) is 0.555. The number of nitro groups is 1. The Morgan fingerprint density at radius 1 is 1.43 bits per heavy atom. The van der Waals surface area contributed by atoms with E-state index >= 15 is 0 Å². The Morgan fingerprint density at radius 3 is 2.86 bits per heavy atom. The molecule has 21 heavy (non-hydrogen) atoms. The first-order valence-corrected chi connectivity index (χ1v) is 5.74. The minimum atomic E-state index is -1.18. The van der Waals surface area contributed by atoms with Crippen LogP contribution < -0.4 is 0 Å². The van der Waals surface area contributed by atoms with Crippen LogP contribution >= 0.6 is 0 Å². The normalized spacial score (nSPS) is 10.9. The predicted octanol–water partition coefficient (Wildman–Crippen LogP) is 0.736. The van der Waals surface area contributed by atoms with Gasteiger partial charge in [0.25, 0.3) is 0 Å². The van der Waals surface area contributed by atoms with Crippen LogP contribution in [0.15, 0.2) is 24.5 Å². The van der Waals surface area contributed by atoms with Crippen molar-refractivity contribution in [2.75, 3.05) is 0 Å². The molecule has 0 aliphatic carbocycles. The monoisotopic (exact) mass is 288 g/mol. The summed E-state index contributed by atoms with van der Waals surface area (Å²) in [6.07, 6.45) is 2.75. The Balaban J connectivity index is 2.17. The first-order chi connectivity index (χ1) is 9.95. The number of fused-ring (bicyclic) bond motifs is 1. The first kappa shape index (κ1) is 12.7. The van der Waals surface area contributed by atoms with Crippen LogP contribution in [0.2, 0.25) is 0 Å². The molecule has 0 aliphatic heterocycles. The third-order valence-corrected chi connectivity index (χ3v) is 2.79. The van der Waals surface area contributed by atoms with Crippen LogP contribution in [0.5, 0.6) is 0 Å². The molecule has 3 rings (SSSR count). The summed E-state index contributed by atoms with van der Waals surface area (Å²) in [6, 6.07) is 2.77. The topological polar surface area (TPSA) is 128 Å². The summed E-state index contributed by atoms with van der Waals surface area (Å²) >= 11 is 0. The maximum Gasteiger partial charge on any atom is 0.356 e. The van der Waals surface area contributed by atoms with E-state index in [9.17, 15) is 14.9 Å². The average Bonchev–Trinajstić information content (AvgIpc) is 3.00. The molecule has 3 heterocycles. The van der Waals surface area contributed by atoms with Crippen LogP contribution in [0.1, 0.15) is 10.5 Å². The smallest absolute Gasteiger partial charge is 0.356 e. The van der Waals surface area contributed by atoms with Gasteiger partial charge in [-0.2, -0.15) is 10.2 Å². The van der Waals surface area contributed by atoms with Gasteiger partial charge < -0.3 is 5.11 Å². The molecular weight excluding hydrogens is 280 g/mol. The summed E-state index contributed by atoms with van der Waals surface area (Å²) in [6.45, 7) is 0. The van der Waals surface area contributed by atoms with E-state index in [1.54, 1.807) is 7.05 Å². The van der Waals surface area contributed by atoms with E-state index in [0.717, 1.165) is 0 Å². The molecule has 0 radical (unpaired) electrons. The van der Waals surface area contributed by atoms with Gasteiger partial charge in [0, 0.05) is 19.3 Å². The fraction of sp³-hybridized carbons (Fsp3) is 0.0909. The van der Waals surface area contributed by atoms with Crippen LogP contribution in [-0.4, -0.2) is 40.4 Å². The van der Waals surface area contributed by atoms with Gasteiger partial charge in [-0.3, -0.25) is 14.8 Å². The maximum absolute atomic E-state index is 11.0. The van der Waals surface area contributed by atoms with Crippen LogP contribution in [0.4, 0.5) is 5.69 Å². The number of nitrogens with zero attached hydrogens (tertiary/aromatic N) is 6. The molecule has 0 aliphatic rings. The average molecular weight is 288 g/mol. The molecule has 10 nitrogen and oxygen atoms in total. The van der Waals surface area contributed by atoms with E-state index in [1.165, 1.54) is 33.7 Å². The van der Waals surface area contributed by atoms with Crippen molar-refractivity contribution in [3.8, 4) is 11.4 Å². The fourth-order valence-electron chi connectivity index (χ4n) is 1.91. The van der Waals surface area contributed by atoms with Gasteiger partial charge in [0.15, 0.2) is 17.0 Å². The summed E-state index contributed by atoms with van der Waals surface area (Å²) in [4.78, 5) is 25.5. The first-order valence-electron chi connectivity index (χ1n) is 5.74. The molecular formula is C11H8N6O4. The lowest BCUT2D eigenvalue weighted by Gasteiger charge is -1.97. The van der Waals surface area contributed by atoms with Gasteiger partial charge in [-0.1, -0.05) is 0 Å². The number of hydrogen-bond donors (Lipinski definition) is 1. The number of carboxylic acid groups (broad SMARTS) is 1. The molecule has 0 fully saturated rings. The SMILES string of the molecule is Cn1cc([N+](=O)[O-])c(-c2ccn3nc(C(=O)O)cc3n2)n1. The van der Waals surface area contributed by atoms with Crippen molar-refractivity contribution >= 4 is 17.3 Å². The largest absolute Gasteiger partial charge is 0.476 e. The summed E-state index contributed by atoms with van der Waals surface area (Å²) in [5.74, 6) is -1.18. The molecule has 1 N–H and O–H groups in total. The number of rotatable bonds is 3. The standard InChI is InChI=1S/C11H8N6O4/c1-15-5-8(17(20)21)10(14-15)6-2-3-16-9(12-6)4-7(13-16)11(18)19/h2-5H,1H3,(H,18,19). The highest BCUT2D eigenvalue weighted by atomic mass is 16.6. The molecule has 10 heteroatoms. The molecule has 0 saturated heterocycles. The number of aromatic nitrogens is 5. The van der Waals surface area contributed by atoms with Gasteiger partial charge >= 0.3 is 11.7 Å². The second kappa shape index (κ2) is 4.37. The van der Waals surface area contributed by atoms with Gasteiger partial charge in [-0.05, 0) is 6.07 Å². The molecule has 0 saturated carbocycles. The lowest BCUT2D eigenvalue weighted by molar-refractivity contribution is -0.384. The van der Waals surface area contributed by atoms with E-state index in [4.69, 9.17) is 5.11 Å². The second-order valence-electron chi connectivity index (χ2n) is 4.24. The summed E-state index contributed by atoms with van der Waals surface area (Å²) < 4.78 is 2.60. The molecule has 3 aromatic heterocycles. The minimum Gasteiger partial charge on any atom is -0.476 e. The van der Waals surface area contributed by atoms with Crippen LogP contribution in [0, 0.1) is 10.1 Å². The summed E-state index contributed by atoms with van der Waals surface area (Å²) in [7, 11) is 1.57. The number of carbonyl (C=O) groups is 1. The van der Waals surface area contributed by atoms with Gasteiger partial charge in [-0.15, -0.1) is 0 Å². The maximum atomic E-state index is 11.0. The Kier molecular flexibility index (Phi) is 2.65. The summed E-state index contributed by atoms with van der Waals surface area (Å²) in [5, 5.41) is 27.7. The lowest BCUT2D eigenvalue weighted by Crippen LogP contribution is -1.98. The van der Waals surface area contributed by atoms with Gasteiger partial charge in [0.2, 0.25) is 0 Å². The fourth-order valence-corrected chi connectivity index (χ4v) is 1.91. The zero-order valence-corrected chi connectivity index (χ0v) is 10.7. The predicted molar refractivity (Wildman–Crippen MR) is 68.8 cm³/mol. The van der Waals surface area contributed by atoms with Gasteiger partial charge in [0.1, 0.15) is 11.9 Å². The lowest BCUT2D eigenvalue weighted by atomic mass is 10.2. The highest BCUT2D eigenvalue weighted by molar-refractivity contribution is 5.86. The molecule has 0 aromatic carbocycles. The summed E-state index contributed by atoms with van der Waals surface area (Å²) in [5.41, 5.74) is 0.321. The Morgan fingerprint density at radius 2 is 2.19 bits per heavy atom. The highest BCUT2D eigenvalue weighted by Gasteiger charge is 2.21. The van der Waals surface area contributed by atoms with Crippen LogP contribution in [-0.2, 0) is 7.05 Å². The van der Waals surface area contributed by atoms with E-state index in [0.29, 0.717) is 0 Å². The van der Waals surface area contributed by atoms with E-state index in [1.807, 2.05) is 0 Å². The van der Waals surface area contributed by atoms with Crippen LogP contribution in [0.3, 0.4) is 0 Å². The molecule has 3 aromatic rings. The zero-order chi connectivity index (χ0) is 15.1. The van der Waals surface area contributed by atoms with Crippen LogP contribution in [0.25, 0.3) is 17.0 Å². The molecule has 106 valence electrons. The van der Waals surface area contributed by atoms with Gasteiger partial charge in [0.05, 0.1) is 4.92 Å². The van der Waals surface area contributed by atoms with Crippen molar-refractivity contribution < 1.29 is 14.8 Å². The Labute approximate surface area is 116 Å². The number of aryl methyl sites for hydroxylation is 1. The zero-order valence-electron chi connectivity index (χ0n) is 10.7. The van der Waals surface area contributed by atoms with Crippen molar-refractivity contribution in [3.05, 3.63) is 40.3 Å². The van der Waals surface area contributed by atoms with Crippen molar-refractivity contribution in [3.63, 3.8) is 0 Å². The van der Waals surface area contributed by atoms with Crippen molar-refractivity contribution in [2.45, 2.75) is 0 Å². The number of aromatic carboxylic acids is 1. The molecule has 0 bridgehead atoms. The highest BCUT2D eigenvalue weighted by Crippen LogP contribution is 2.26. The third kappa shape index (κ3) is 2.08. The van der Waals surface area contributed by atoms with Crippen molar-refractivity contribution in [2.24, 2.45) is 7.05 Å². The van der Waals surface area contributed by atoms with Crippen molar-refractivity contribution in [1.29, 1.82) is 0 Å². The van der Waals surface area contributed by atoms with E-state index in [-0.39, 0.29) is 28.4 Å². The van der Waals surface area contributed by atoms with E-state index in [2.05, 4.69) is 15.2 Å². The van der Waals surface area contributed by atoms with Crippen molar-refractivity contribution in [1.82, 2.24) is 24.4 Å². The Hall–Kier alpha value is -3.30. The number of hydrogen-bond acceptors (Lipinski definition) is 6. The van der Waals surface area contributed by atoms with E-state index < -0.39 is 10.9 Å². The Bertz CT molecular complexity index is 880.